The van der Waals surface area contributed by atoms with E-state index in [2.05, 4.69) is 15.3 Å². The van der Waals surface area contributed by atoms with Crippen LogP contribution in [0.3, 0.4) is 0 Å². The summed E-state index contributed by atoms with van der Waals surface area (Å²) >= 11 is 0. The number of alkyl halides is 2. The van der Waals surface area contributed by atoms with Gasteiger partial charge in [-0.1, -0.05) is 13.8 Å². The molecule has 200 valence electrons. The SMILES string of the molecule is Cc1c(C(=O)NC2(C(C)C)CCS(=O)(=O)CC2)nc2ccc(Oc3ncc(F)cc3OCC(F)F)cn12. The summed E-state index contributed by atoms with van der Waals surface area (Å²) in [6.07, 6.45) is 0.281. The topological polar surface area (TPSA) is 112 Å². The highest BCUT2D eigenvalue weighted by atomic mass is 32.2. The fraction of sp³-hybridized carbons (Fsp3) is 0.458. The summed E-state index contributed by atoms with van der Waals surface area (Å²) in [6.45, 7) is 4.63. The molecular weight excluding hydrogens is 513 g/mol. The van der Waals surface area contributed by atoms with Crippen LogP contribution in [0.5, 0.6) is 17.4 Å². The molecule has 0 atom stereocenters. The molecule has 9 nitrogen and oxygen atoms in total. The molecule has 1 amide bonds. The van der Waals surface area contributed by atoms with Gasteiger partial charge in [0.05, 0.1) is 29.6 Å². The number of fused-ring (bicyclic) bond motifs is 1. The molecule has 37 heavy (non-hydrogen) atoms. The summed E-state index contributed by atoms with van der Waals surface area (Å²) in [4.78, 5) is 21.5. The van der Waals surface area contributed by atoms with Gasteiger partial charge in [0.15, 0.2) is 5.75 Å². The maximum atomic E-state index is 13.6. The maximum Gasteiger partial charge on any atom is 0.272 e. The first-order chi connectivity index (χ1) is 17.4. The molecule has 3 aromatic rings. The number of imidazole rings is 1. The van der Waals surface area contributed by atoms with Crippen molar-refractivity contribution in [1.29, 1.82) is 0 Å². The van der Waals surface area contributed by atoms with Crippen LogP contribution >= 0.6 is 0 Å². The molecule has 0 saturated carbocycles. The molecule has 0 spiro atoms. The van der Waals surface area contributed by atoms with Crippen molar-refractivity contribution in [2.75, 3.05) is 18.1 Å². The zero-order valence-electron chi connectivity index (χ0n) is 20.5. The highest BCUT2D eigenvalue weighted by Gasteiger charge is 2.41. The van der Waals surface area contributed by atoms with Crippen LogP contribution < -0.4 is 14.8 Å². The van der Waals surface area contributed by atoms with Crippen LogP contribution in [0.4, 0.5) is 13.2 Å². The number of nitrogens with one attached hydrogen (secondary N) is 1. The Balaban J connectivity index is 1.58. The van der Waals surface area contributed by atoms with E-state index in [1.165, 1.54) is 12.3 Å². The number of carbonyl (C=O) groups is 1. The van der Waals surface area contributed by atoms with Gasteiger partial charge in [0.1, 0.15) is 39.4 Å². The van der Waals surface area contributed by atoms with Gasteiger partial charge in [-0.3, -0.25) is 9.20 Å². The highest BCUT2D eigenvalue weighted by Crippen LogP contribution is 2.33. The van der Waals surface area contributed by atoms with E-state index in [1.54, 1.807) is 17.4 Å². The molecule has 4 heterocycles. The van der Waals surface area contributed by atoms with Gasteiger partial charge >= 0.3 is 0 Å². The number of ether oxygens (including phenoxy) is 2. The molecule has 1 N–H and O–H groups in total. The van der Waals surface area contributed by atoms with Gasteiger partial charge in [-0.05, 0) is 37.8 Å². The average molecular weight is 541 g/mol. The largest absolute Gasteiger partial charge is 0.482 e. The molecule has 3 aromatic heterocycles. The summed E-state index contributed by atoms with van der Waals surface area (Å²) in [5, 5.41) is 3.04. The van der Waals surface area contributed by atoms with Crippen LogP contribution in [0.2, 0.25) is 0 Å². The first-order valence-electron chi connectivity index (χ1n) is 11.6. The zero-order valence-corrected chi connectivity index (χ0v) is 21.3. The van der Waals surface area contributed by atoms with Crippen LogP contribution in [-0.4, -0.2) is 58.8 Å². The third-order valence-electron chi connectivity index (χ3n) is 6.60. The summed E-state index contributed by atoms with van der Waals surface area (Å²) in [7, 11) is -3.12. The summed E-state index contributed by atoms with van der Waals surface area (Å²) in [6, 6.07) is 4.02. The minimum absolute atomic E-state index is 0.00832. The van der Waals surface area contributed by atoms with Gasteiger partial charge in [0, 0.05) is 11.6 Å². The Labute approximate surface area is 211 Å². The minimum atomic E-state index is -3.12. The van der Waals surface area contributed by atoms with Gasteiger partial charge < -0.3 is 14.8 Å². The number of sulfone groups is 1. The second-order valence-electron chi connectivity index (χ2n) is 9.32. The fourth-order valence-electron chi connectivity index (χ4n) is 4.31. The fourth-order valence-corrected chi connectivity index (χ4v) is 5.86. The van der Waals surface area contributed by atoms with E-state index >= 15 is 0 Å². The van der Waals surface area contributed by atoms with E-state index in [9.17, 15) is 26.4 Å². The number of carbonyl (C=O) groups excluding carboxylic acids is 1. The normalized spacial score (nSPS) is 16.8. The van der Waals surface area contributed by atoms with Gasteiger partial charge in [-0.15, -0.1) is 0 Å². The molecule has 1 aliphatic heterocycles. The molecule has 1 aliphatic rings. The van der Waals surface area contributed by atoms with Crippen molar-refractivity contribution >= 4 is 21.4 Å². The van der Waals surface area contributed by atoms with Crippen LogP contribution in [0, 0.1) is 18.7 Å². The highest BCUT2D eigenvalue weighted by molar-refractivity contribution is 7.91. The predicted molar refractivity (Wildman–Crippen MR) is 129 cm³/mol. The van der Waals surface area contributed by atoms with Gasteiger partial charge in [0.2, 0.25) is 0 Å². The number of rotatable bonds is 8. The second-order valence-corrected chi connectivity index (χ2v) is 11.6. The van der Waals surface area contributed by atoms with E-state index in [1.807, 2.05) is 13.8 Å². The third-order valence-corrected chi connectivity index (χ3v) is 8.25. The Morgan fingerprint density at radius 1 is 1.24 bits per heavy atom. The summed E-state index contributed by atoms with van der Waals surface area (Å²) in [5.74, 6) is -1.43. The van der Waals surface area contributed by atoms with E-state index in [0.29, 0.717) is 24.2 Å². The second kappa shape index (κ2) is 10.2. The van der Waals surface area contributed by atoms with Crippen molar-refractivity contribution in [3.8, 4) is 17.4 Å². The van der Waals surface area contributed by atoms with Crippen molar-refractivity contribution in [3.63, 3.8) is 0 Å². The lowest BCUT2D eigenvalue weighted by molar-refractivity contribution is 0.0801. The van der Waals surface area contributed by atoms with Crippen molar-refractivity contribution in [1.82, 2.24) is 19.7 Å². The molecule has 1 saturated heterocycles. The summed E-state index contributed by atoms with van der Waals surface area (Å²) < 4.78 is 74.8. The Hall–Kier alpha value is -3.35. The van der Waals surface area contributed by atoms with Crippen molar-refractivity contribution in [2.45, 2.75) is 45.6 Å². The molecule has 0 unspecified atom stereocenters. The van der Waals surface area contributed by atoms with E-state index in [-0.39, 0.29) is 40.5 Å². The molecule has 4 rings (SSSR count). The number of nitrogens with zero attached hydrogens (tertiary/aromatic N) is 3. The van der Waals surface area contributed by atoms with Crippen LogP contribution in [0.15, 0.2) is 30.6 Å². The lowest BCUT2D eigenvalue weighted by Gasteiger charge is -2.41. The standard InChI is InChI=1S/C24H27F3N4O5S/c1-14(2)24(6-8-37(33,34)9-7-24)30-22(32)21-15(3)31-12-17(4-5-20(31)29-21)36-23-18(35-13-19(26)27)10-16(25)11-28-23/h4-5,10-12,14,19H,6-9,13H2,1-3H3,(H,30,32). The Morgan fingerprint density at radius 3 is 2.59 bits per heavy atom. The monoisotopic (exact) mass is 540 g/mol. The smallest absolute Gasteiger partial charge is 0.272 e. The number of hydrogen-bond acceptors (Lipinski definition) is 7. The van der Waals surface area contributed by atoms with E-state index in [4.69, 9.17) is 9.47 Å². The third kappa shape index (κ3) is 5.81. The maximum absolute atomic E-state index is 13.6. The van der Waals surface area contributed by atoms with E-state index < -0.39 is 40.1 Å². The average Bonchev–Trinajstić information content (AvgIpc) is 3.16. The van der Waals surface area contributed by atoms with E-state index in [0.717, 1.165) is 12.3 Å². The quantitative estimate of drug-likeness (QED) is 0.461. The summed E-state index contributed by atoms with van der Waals surface area (Å²) in [5.41, 5.74) is 0.455. The molecule has 0 bridgehead atoms. The first-order valence-corrected chi connectivity index (χ1v) is 13.5. The number of halogens is 3. The van der Waals surface area contributed by atoms with Crippen LogP contribution in [-0.2, 0) is 9.84 Å². The number of aryl methyl sites for hydroxylation is 1. The Kier molecular flexibility index (Phi) is 7.36. The van der Waals surface area contributed by atoms with Gasteiger partial charge in [-0.25, -0.2) is 31.6 Å². The molecule has 0 radical (unpaired) electrons. The molecule has 13 heteroatoms. The van der Waals surface area contributed by atoms with Crippen LogP contribution in [0.1, 0.15) is 42.9 Å². The number of hydrogen-bond donors (Lipinski definition) is 1. The van der Waals surface area contributed by atoms with Crippen LogP contribution in [0.25, 0.3) is 5.65 Å². The Bertz CT molecular complexity index is 1410. The molecule has 1 fully saturated rings. The lowest BCUT2D eigenvalue weighted by atomic mass is 9.81. The molecular formula is C24H27F3N4O5S. The van der Waals surface area contributed by atoms with Crippen molar-refractivity contribution < 1.29 is 35.9 Å². The van der Waals surface area contributed by atoms with Crippen molar-refractivity contribution in [2.24, 2.45) is 5.92 Å². The molecule has 0 aliphatic carbocycles. The zero-order chi connectivity index (χ0) is 27.0. The number of pyridine rings is 2. The first kappa shape index (κ1) is 26.7. The Morgan fingerprint density at radius 2 is 1.95 bits per heavy atom. The van der Waals surface area contributed by atoms with Gasteiger partial charge in [0.25, 0.3) is 18.2 Å². The number of aromatic nitrogens is 3. The van der Waals surface area contributed by atoms with Gasteiger partial charge in [-0.2, -0.15) is 0 Å². The molecule has 0 aromatic carbocycles. The predicted octanol–water partition coefficient (Wildman–Crippen LogP) is 3.95. The lowest BCUT2D eigenvalue weighted by Crippen LogP contribution is -2.56. The minimum Gasteiger partial charge on any atom is -0.482 e. The number of amides is 1. The van der Waals surface area contributed by atoms with Crippen molar-refractivity contribution in [3.05, 3.63) is 47.8 Å².